The molecule has 1 fully saturated rings. The third-order valence-corrected chi connectivity index (χ3v) is 3.54. The second kappa shape index (κ2) is 4.45. The Hall–Kier alpha value is -1.82. The van der Waals surface area contributed by atoms with Crippen molar-refractivity contribution < 1.29 is 9.74 Å². The molecule has 1 saturated heterocycles. The van der Waals surface area contributed by atoms with E-state index in [1.54, 1.807) is 0 Å². The molecule has 0 amide bonds. The zero-order valence-corrected chi connectivity index (χ0v) is 10.0. The summed E-state index contributed by atoms with van der Waals surface area (Å²) >= 11 is 0. The van der Waals surface area contributed by atoms with Gasteiger partial charge in [-0.3, -0.25) is 0 Å². The number of nitrogens with zero attached hydrogens (tertiary/aromatic N) is 3. The van der Waals surface area contributed by atoms with Crippen LogP contribution >= 0.6 is 0 Å². The minimum absolute atomic E-state index is 0.228. The second-order valence-electron chi connectivity index (χ2n) is 4.77. The molecule has 1 aromatic carbocycles. The maximum absolute atomic E-state index is 9.28. The van der Waals surface area contributed by atoms with Gasteiger partial charge >= 0.3 is 0 Å². The topological polar surface area (TPSA) is 88.4 Å². The third kappa shape index (κ3) is 1.78. The van der Waals surface area contributed by atoms with Crippen LogP contribution in [0, 0.1) is 5.92 Å². The Morgan fingerprint density at radius 1 is 1.39 bits per heavy atom. The summed E-state index contributed by atoms with van der Waals surface area (Å²) in [5.41, 5.74) is 8.70. The highest BCUT2D eigenvalue weighted by Gasteiger charge is 2.22. The van der Waals surface area contributed by atoms with Gasteiger partial charge in [-0.25, -0.2) is 4.63 Å². The lowest BCUT2D eigenvalue weighted by Gasteiger charge is -2.33. The molecule has 0 aliphatic carbocycles. The predicted octanol–water partition coefficient (Wildman–Crippen LogP) is 1.01. The monoisotopic (exact) mass is 248 g/mol. The van der Waals surface area contributed by atoms with E-state index in [2.05, 4.69) is 15.2 Å². The van der Waals surface area contributed by atoms with Gasteiger partial charge in [-0.1, -0.05) is 0 Å². The standard InChI is InChI=1S/C12H16N4O2/c13-9-3-4-10(12-11(9)14-18-15-12)16-5-1-2-8(6-16)7-17/h3-4,8,17H,1-2,5-7,13H2. The maximum atomic E-state index is 9.28. The largest absolute Gasteiger partial charge is 0.397 e. The van der Waals surface area contributed by atoms with Crippen molar-refractivity contribution in [3.8, 4) is 0 Å². The molecule has 1 atom stereocenters. The molecule has 3 N–H and O–H groups in total. The van der Waals surface area contributed by atoms with Crippen molar-refractivity contribution in [1.82, 2.24) is 10.3 Å². The summed E-state index contributed by atoms with van der Waals surface area (Å²) in [6.07, 6.45) is 2.14. The van der Waals surface area contributed by atoms with Gasteiger partial charge in [0, 0.05) is 19.7 Å². The lowest BCUT2D eigenvalue weighted by atomic mass is 9.98. The highest BCUT2D eigenvalue weighted by Crippen LogP contribution is 2.31. The number of hydrogen-bond donors (Lipinski definition) is 2. The number of rotatable bonds is 2. The van der Waals surface area contributed by atoms with Gasteiger partial charge in [-0.05, 0) is 41.2 Å². The summed E-state index contributed by atoms with van der Waals surface area (Å²) in [5, 5.41) is 17.0. The number of aromatic nitrogens is 2. The lowest BCUT2D eigenvalue weighted by Crippen LogP contribution is -2.36. The molecule has 6 heteroatoms. The summed E-state index contributed by atoms with van der Waals surface area (Å²) in [7, 11) is 0. The summed E-state index contributed by atoms with van der Waals surface area (Å²) in [4.78, 5) is 2.22. The van der Waals surface area contributed by atoms with Crippen LogP contribution in [0.3, 0.4) is 0 Å². The SMILES string of the molecule is Nc1ccc(N2CCCC(CO)C2)c2nonc12. The Morgan fingerprint density at radius 2 is 2.22 bits per heavy atom. The van der Waals surface area contributed by atoms with Crippen LogP contribution in [-0.2, 0) is 0 Å². The first kappa shape index (κ1) is 11.3. The molecule has 2 heterocycles. The van der Waals surface area contributed by atoms with Crippen LogP contribution in [0.5, 0.6) is 0 Å². The average Bonchev–Trinajstić information content (AvgIpc) is 2.89. The third-order valence-electron chi connectivity index (χ3n) is 3.54. The van der Waals surface area contributed by atoms with Crippen LogP contribution in [0.1, 0.15) is 12.8 Å². The van der Waals surface area contributed by atoms with Gasteiger partial charge < -0.3 is 15.7 Å². The van der Waals surface area contributed by atoms with Gasteiger partial charge in [-0.2, -0.15) is 0 Å². The number of piperidine rings is 1. The van der Waals surface area contributed by atoms with E-state index >= 15 is 0 Å². The molecule has 1 aromatic heterocycles. The first-order chi connectivity index (χ1) is 8.79. The van der Waals surface area contributed by atoms with E-state index in [9.17, 15) is 5.11 Å². The van der Waals surface area contributed by atoms with E-state index in [0.29, 0.717) is 22.6 Å². The minimum atomic E-state index is 0.228. The average molecular weight is 248 g/mol. The van der Waals surface area contributed by atoms with Gasteiger partial charge in [0.1, 0.15) is 0 Å². The Bertz CT molecular complexity index is 554. The molecule has 0 bridgehead atoms. The maximum Gasteiger partial charge on any atom is 0.160 e. The van der Waals surface area contributed by atoms with E-state index in [1.807, 2.05) is 12.1 Å². The highest BCUT2D eigenvalue weighted by molar-refractivity contribution is 5.95. The molecule has 6 nitrogen and oxygen atoms in total. The van der Waals surface area contributed by atoms with E-state index in [1.165, 1.54) is 0 Å². The molecule has 0 spiro atoms. The first-order valence-electron chi connectivity index (χ1n) is 6.16. The van der Waals surface area contributed by atoms with Crippen molar-refractivity contribution in [3.05, 3.63) is 12.1 Å². The Labute approximate surface area is 104 Å². The summed E-state index contributed by atoms with van der Waals surface area (Å²) < 4.78 is 4.77. The molecular formula is C12H16N4O2. The zero-order valence-electron chi connectivity index (χ0n) is 10.0. The fraction of sp³-hybridized carbons (Fsp3) is 0.500. The fourth-order valence-electron chi connectivity index (χ4n) is 2.56. The van der Waals surface area contributed by atoms with Crippen LogP contribution in [-0.4, -0.2) is 35.1 Å². The van der Waals surface area contributed by atoms with Crippen molar-refractivity contribution in [3.63, 3.8) is 0 Å². The van der Waals surface area contributed by atoms with E-state index < -0.39 is 0 Å². The van der Waals surface area contributed by atoms with Crippen LogP contribution in [0.15, 0.2) is 16.8 Å². The number of benzene rings is 1. The number of aliphatic hydroxyl groups is 1. The number of nitrogens with two attached hydrogens (primary N) is 1. The van der Waals surface area contributed by atoms with Gasteiger partial charge in [0.2, 0.25) is 0 Å². The van der Waals surface area contributed by atoms with Crippen LogP contribution in [0.2, 0.25) is 0 Å². The Kier molecular flexibility index (Phi) is 2.79. The summed E-state index contributed by atoms with van der Waals surface area (Å²) in [6.45, 7) is 2.02. The van der Waals surface area contributed by atoms with Crippen molar-refractivity contribution in [2.75, 3.05) is 30.3 Å². The molecule has 1 unspecified atom stereocenters. The van der Waals surface area contributed by atoms with Crippen LogP contribution in [0.4, 0.5) is 11.4 Å². The van der Waals surface area contributed by atoms with Gasteiger partial charge in [0.25, 0.3) is 0 Å². The van der Waals surface area contributed by atoms with Gasteiger partial charge in [0.05, 0.1) is 11.4 Å². The normalized spacial score (nSPS) is 20.5. The van der Waals surface area contributed by atoms with Gasteiger partial charge in [-0.15, -0.1) is 0 Å². The van der Waals surface area contributed by atoms with Crippen molar-refractivity contribution in [2.45, 2.75) is 12.8 Å². The van der Waals surface area contributed by atoms with Crippen LogP contribution in [0.25, 0.3) is 11.0 Å². The molecule has 3 rings (SSSR count). The van der Waals surface area contributed by atoms with Crippen molar-refractivity contribution in [1.29, 1.82) is 0 Å². The number of nitrogen functional groups attached to an aromatic ring is 1. The molecule has 1 aliphatic rings. The summed E-state index contributed by atoms with van der Waals surface area (Å²) in [6, 6.07) is 3.77. The molecular weight excluding hydrogens is 232 g/mol. The predicted molar refractivity (Wildman–Crippen MR) is 68.2 cm³/mol. The van der Waals surface area contributed by atoms with Crippen molar-refractivity contribution in [2.24, 2.45) is 5.92 Å². The molecule has 1 aliphatic heterocycles. The van der Waals surface area contributed by atoms with E-state index in [-0.39, 0.29) is 6.61 Å². The van der Waals surface area contributed by atoms with Gasteiger partial charge in [0.15, 0.2) is 11.0 Å². The quantitative estimate of drug-likeness (QED) is 0.771. The zero-order chi connectivity index (χ0) is 12.5. The molecule has 18 heavy (non-hydrogen) atoms. The highest BCUT2D eigenvalue weighted by atomic mass is 16.6. The molecule has 2 aromatic rings. The van der Waals surface area contributed by atoms with Crippen LogP contribution < -0.4 is 10.6 Å². The minimum Gasteiger partial charge on any atom is -0.397 e. The second-order valence-corrected chi connectivity index (χ2v) is 4.77. The number of anilines is 2. The van der Waals surface area contributed by atoms with E-state index in [0.717, 1.165) is 31.6 Å². The summed E-state index contributed by atoms with van der Waals surface area (Å²) in [5.74, 6) is 0.325. The first-order valence-corrected chi connectivity index (χ1v) is 6.16. The van der Waals surface area contributed by atoms with E-state index in [4.69, 9.17) is 10.4 Å². The van der Waals surface area contributed by atoms with Crippen molar-refractivity contribution >= 4 is 22.4 Å². The molecule has 0 saturated carbocycles. The Morgan fingerprint density at radius 3 is 3.06 bits per heavy atom. The Balaban J connectivity index is 1.98. The number of aliphatic hydroxyl groups excluding tert-OH is 1. The molecule has 0 radical (unpaired) electrons. The lowest BCUT2D eigenvalue weighted by molar-refractivity contribution is 0.209. The number of fused-ring (bicyclic) bond motifs is 1. The number of hydrogen-bond acceptors (Lipinski definition) is 6. The fourth-order valence-corrected chi connectivity index (χ4v) is 2.56. The smallest absolute Gasteiger partial charge is 0.160 e. The molecule has 96 valence electrons.